The van der Waals surface area contributed by atoms with Gasteiger partial charge >= 0.3 is 0 Å². The van der Waals surface area contributed by atoms with E-state index in [1.54, 1.807) is 12.2 Å². The summed E-state index contributed by atoms with van der Waals surface area (Å²) in [6.45, 7) is 10.1. The Labute approximate surface area is 117 Å². The summed E-state index contributed by atoms with van der Waals surface area (Å²) in [5.41, 5.74) is 2.53. The van der Waals surface area contributed by atoms with Crippen LogP contribution in [0.3, 0.4) is 0 Å². The van der Waals surface area contributed by atoms with Crippen molar-refractivity contribution in [2.24, 2.45) is 13.0 Å². The molecule has 1 aromatic rings. The van der Waals surface area contributed by atoms with Crippen molar-refractivity contribution in [1.82, 2.24) is 4.57 Å². The van der Waals surface area contributed by atoms with Crippen LogP contribution in [0.4, 0.5) is 4.39 Å². The number of allylic oxidation sites excluding steroid dienone is 4. The van der Waals surface area contributed by atoms with Gasteiger partial charge < -0.3 is 4.57 Å². The van der Waals surface area contributed by atoms with E-state index < -0.39 is 0 Å². The van der Waals surface area contributed by atoms with Crippen molar-refractivity contribution in [3.05, 3.63) is 47.6 Å². The van der Waals surface area contributed by atoms with Crippen LogP contribution in [0.15, 0.2) is 41.9 Å². The van der Waals surface area contributed by atoms with Gasteiger partial charge in [-0.25, -0.2) is 4.39 Å². The number of aryl methyl sites for hydroxylation is 2. The van der Waals surface area contributed by atoms with Crippen LogP contribution in [0.2, 0.25) is 0 Å². The molecule has 1 heterocycles. The summed E-state index contributed by atoms with van der Waals surface area (Å²) in [4.78, 5) is 0. The van der Waals surface area contributed by atoms with Crippen molar-refractivity contribution in [2.75, 3.05) is 0 Å². The molecule has 0 saturated carbocycles. The van der Waals surface area contributed by atoms with Crippen molar-refractivity contribution in [3.8, 4) is 0 Å². The van der Waals surface area contributed by atoms with Gasteiger partial charge in [0, 0.05) is 18.9 Å². The zero-order valence-corrected chi connectivity index (χ0v) is 13.2. The van der Waals surface area contributed by atoms with Gasteiger partial charge in [-0.05, 0) is 50.0 Å². The van der Waals surface area contributed by atoms with Gasteiger partial charge in [0.2, 0.25) is 0 Å². The number of nitrogens with zero attached hydrogens (tertiary/aromatic N) is 1. The Morgan fingerprint density at radius 3 is 2.32 bits per heavy atom. The van der Waals surface area contributed by atoms with Gasteiger partial charge in [0.25, 0.3) is 0 Å². The molecular formula is C17H28FN. The minimum atomic E-state index is -0.0775. The molecule has 108 valence electrons. The van der Waals surface area contributed by atoms with Crippen LogP contribution in [0.5, 0.6) is 0 Å². The molecule has 19 heavy (non-hydrogen) atoms. The van der Waals surface area contributed by atoms with E-state index in [0.717, 1.165) is 18.4 Å². The average Bonchev–Trinajstić information content (AvgIpc) is 2.76. The van der Waals surface area contributed by atoms with Gasteiger partial charge in [-0.2, -0.15) is 0 Å². The Morgan fingerprint density at radius 2 is 2.00 bits per heavy atom. The molecule has 1 aliphatic carbocycles. The lowest BCUT2D eigenvalue weighted by atomic mass is 9.97. The minimum Gasteiger partial charge on any atom is -0.354 e. The largest absolute Gasteiger partial charge is 0.354 e. The van der Waals surface area contributed by atoms with Crippen LogP contribution in [0.1, 0.15) is 46.7 Å². The van der Waals surface area contributed by atoms with Gasteiger partial charge in [0.15, 0.2) is 0 Å². The Morgan fingerprint density at radius 1 is 1.37 bits per heavy atom. The Hall–Kier alpha value is -1.31. The molecule has 1 unspecified atom stereocenters. The summed E-state index contributed by atoms with van der Waals surface area (Å²) in [5, 5.41) is 0. The number of halogens is 1. The first-order chi connectivity index (χ1) is 9.02. The standard InChI is InChI=1S/C8H11F.C7H11N.C2H6/c1-6-3-7(2)5-8(9)4-6;1-3-7-5-4-6-8(7)2;1-2/h4-6H,3H2,1-2H3;4-6H,3H2,1-2H3;1-2H3. The molecule has 1 nitrogen and oxygen atoms in total. The molecule has 2 rings (SSSR count). The fraction of sp³-hybridized carbons (Fsp3) is 0.529. The van der Waals surface area contributed by atoms with E-state index in [4.69, 9.17) is 0 Å². The summed E-state index contributed by atoms with van der Waals surface area (Å²) in [5.74, 6) is 0.307. The van der Waals surface area contributed by atoms with Crippen LogP contribution in [-0.4, -0.2) is 4.57 Å². The van der Waals surface area contributed by atoms with E-state index >= 15 is 0 Å². The molecule has 0 bridgehead atoms. The van der Waals surface area contributed by atoms with E-state index in [1.165, 1.54) is 5.69 Å². The molecule has 0 saturated heterocycles. The molecule has 1 aliphatic rings. The monoisotopic (exact) mass is 265 g/mol. The van der Waals surface area contributed by atoms with Gasteiger partial charge in [0.05, 0.1) is 0 Å². The topological polar surface area (TPSA) is 4.93 Å². The number of rotatable bonds is 1. The molecule has 0 radical (unpaired) electrons. The lowest BCUT2D eigenvalue weighted by Gasteiger charge is -2.10. The zero-order chi connectivity index (χ0) is 14.8. The molecule has 0 aliphatic heterocycles. The van der Waals surface area contributed by atoms with E-state index in [0.29, 0.717) is 5.92 Å². The SMILES string of the molecule is CC.CC1=CC(F)=CC(C)C1.CCc1cccn1C. The minimum absolute atomic E-state index is 0.0775. The summed E-state index contributed by atoms with van der Waals surface area (Å²) in [6, 6.07) is 4.21. The highest BCUT2D eigenvalue weighted by atomic mass is 19.1. The highest BCUT2D eigenvalue weighted by Gasteiger charge is 2.06. The molecule has 0 fully saturated rings. The Balaban J connectivity index is 0.000000303. The van der Waals surface area contributed by atoms with Crippen molar-refractivity contribution in [1.29, 1.82) is 0 Å². The maximum Gasteiger partial charge on any atom is 0.119 e. The quantitative estimate of drug-likeness (QED) is 0.637. The molecule has 2 heteroatoms. The van der Waals surface area contributed by atoms with Crippen LogP contribution in [0.25, 0.3) is 0 Å². The smallest absolute Gasteiger partial charge is 0.119 e. The van der Waals surface area contributed by atoms with Crippen molar-refractivity contribution in [2.45, 2.75) is 47.5 Å². The lowest BCUT2D eigenvalue weighted by molar-refractivity contribution is 0.604. The number of hydrogen-bond donors (Lipinski definition) is 0. The van der Waals surface area contributed by atoms with Crippen molar-refractivity contribution in [3.63, 3.8) is 0 Å². The molecule has 0 aromatic carbocycles. The fourth-order valence-corrected chi connectivity index (χ4v) is 2.04. The maximum atomic E-state index is 12.5. The second-order valence-electron chi connectivity index (χ2n) is 4.69. The summed E-state index contributed by atoms with van der Waals surface area (Å²) < 4.78 is 14.6. The van der Waals surface area contributed by atoms with E-state index in [-0.39, 0.29) is 5.83 Å². The van der Waals surface area contributed by atoms with E-state index in [2.05, 4.69) is 36.9 Å². The second-order valence-corrected chi connectivity index (χ2v) is 4.69. The third-order valence-corrected chi connectivity index (χ3v) is 2.89. The fourth-order valence-electron chi connectivity index (χ4n) is 2.04. The number of hydrogen-bond acceptors (Lipinski definition) is 0. The van der Waals surface area contributed by atoms with Crippen molar-refractivity contribution < 1.29 is 4.39 Å². The highest BCUT2D eigenvalue weighted by molar-refractivity contribution is 5.22. The van der Waals surface area contributed by atoms with Crippen LogP contribution in [-0.2, 0) is 13.5 Å². The molecule has 0 spiro atoms. The van der Waals surface area contributed by atoms with Crippen LogP contribution >= 0.6 is 0 Å². The summed E-state index contributed by atoms with van der Waals surface area (Å²) in [6.07, 6.45) is 7.46. The van der Waals surface area contributed by atoms with Crippen molar-refractivity contribution >= 4 is 0 Å². The van der Waals surface area contributed by atoms with Gasteiger partial charge in [-0.15, -0.1) is 0 Å². The number of aromatic nitrogens is 1. The van der Waals surface area contributed by atoms with Gasteiger partial charge in [-0.3, -0.25) is 0 Å². The summed E-state index contributed by atoms with van der Waals surface area (Å²) >= 11 is 0. The normalized spacial score (nSPS) is 17.3. The molecule has 1 aromatic heterocycles. The van der Waals surface area contributed by atoms with Gasteiger partial charge in [-0.1, -0.05) is 33.3 Å². The maximum absolute atomic E-state index is 12.5. The third-order valence-electron chi connectivity index (χ3n) is 2.89. The molecular weight excluding hydrogens is 237 g/mol. The Kier molecular flexibility index (Phi) is 8.94. The predicted molar refractivity (Wildman–Crippen MR) is 82.9 cm³/mol. The Bertz CT molecular complexity index is 413. The third kappa shape index (κ3) is 7.00. The first-order valence-electron chi connectivity index (χ1n) is 7.17. The second kappa shape index (κ2) is 9.60. The molecule has 0 N–H and O–H groups in total. The predicted octanol–water partition coefficient (Wildman–Crippen LogP) is 5.44. The van der Waals surface area contributed by atoms with E-state index in [9.17, 15) is 4.39 Å². The van der Waals surface area contributed by atoms with Gasteiger partial charge in [0.1, 0.15) is 5.83 Å². The highest BCUT2D eigenvalue weighted by Crippen LogP contribution is 2.21. The van der Waals surface area contributed by atoms with E-state index in [1.807, 2.05) is 27.7 Å². The molecule has 0 amide bonds. The summed E-state index contributed by atoms with van der Waals surface area (Å²) in [7, 11) is 2.07. The zero-order valence-electron chi connectivity index (χ0n) is 13.2. The average molecular weight is 265 g/mol. The molecule has 1 atom stereocenters. The lowest BCUT2D eigenvalue weighted by Crippen LogP contribution is -1.96. The first kappa shape index (κ1) is 17.7. The van der Waals surface area contributed by atoms with Crippen LogP contribution < -0.4 is 0 Å². The first-order valence-corrected chi connectivity index (χ1v) is 7.17. The van der Waals surface area contributed by atoms with Crippen LogP contribution in [0, 0.1) is 5.92 Å².